The largest absolute Gasteiger partial charge is 0.457 e. The Labute approximate surface area is 177 Å². The van der Waals surface area contributed by atoms with E-state index in [9.17, 15) is 9.90 Å². The Bertz CT molecular complexity index is 1040. The maximum atomic E-state index is 13.2. The Morgan fingerprint density at radius 3 is 2.13 bits per heavy atom. The third-order valence-corrected chi connectivity index (χ3v) is 5.55. The lowest BCUT2D eigenvalue weighted by molar-refractivity contribution is -0.116. The number of amides is 1. The van der Waals surface area contributed by atoms with Gasteiger partial charge in [-0.25, -0.2) is 0 Å². The van der Waals surface area contributed by atoms with E-state index in [-0.39, 0.29) is 23.8 Å². The van der Waals surface area contributed by atoms with Gasteiger partial charge in [-0.15, -0.1) is 0 Å². The van der Waals surface area contributed by atoms with E-state index < -0.39 is 0 Å². The van der Waals surface area contributed by atoms with Crippen LogP contribution >= 0.6 is 0 Å². The van der Waals surface area contributed by atoms with Gasteiger partial charge in [-0.1, -0.05) is 69.3 Å². The maximum Gasteiger partial charge on any atom is 0.225 e. The van der Waals surface area contributed by atoms with Crippen LogP contribution in [0.15, 0.2) is 66.7 Å². The van der Waals surface area contributed by atoms with Crippen LogP contribution in [-0.4, -0.2) is 11.0 Å². The third-order valence-electron chi connectivity index (χ3n) is 5.55. The predicted octanol–water partition coefficient (Wildman–Crippen LogP) is 5.74. The van der Waals surface area contributed by atoms with E-state index in [4.69, 9.17) is 4.74 Å². The van der Waals surface area contributed by atoms with Gasteiger partial charge in [-0.2, -0.15) is 0 Å². The highest BCUT2D eigenvalue weighted by Crippen LogP contribution is 2.45. The lowest BCUT2D eigenvalue weighted by atomic mass is 9.84. The maximum absolute atomic E-state index is 13.2. The number of para-hydroxylation sites is 2. The van der Waals surface area contributed by atoms with Gasteiger partial charge in [-0.05, 0) is 34.7 Å². The predicted molar refractivity (Wildman–Crippen MR) is 119 cm³/mol. The van der Waals surface area contributed by atoms with E-state index in [1.807, 2.05) is 66.7 Å². The summed E-state index contributed by atoms with van der Waals surface area (Å²) in [6, 6.07) is 21.5. The van der Waals surface area contributed by atoms with Crippen molar-refractivity contribution < 1.29 is 14.6 Å². The van der Waals surface area contributed by atoms with Crippen LogP contribution in [0.4, 0.5) is 5.69 Å². The van der Waals surface area contributed by atoms with E-state index in [2.05, 4.69) is 26.1 Å². The Morgan fingerprint density at radius 2 is 1.57 bits per heavy atom. The molecule has 0 atom stereocenters. The average Bonchev–Trinajstić information content (AvgIpc) is 2.72. The minimum atomic E-state index is -0.130. The molecule has 4 rings (SSSR count). The molecule has 0 aliphatic carbocycles. The van der Waals surface area contributed by atoms with E-state index in [0.717, 1.165) is 39.4 Å². The van der Waals surface area contributed by atoms with Crippen LogP contribution in [0, 0.1) is 0 Å². The first-order valence-electron chi connectivity index (χ1n) is 10.3. The molecule has 4 heteroatoms. The summed E-state index contributed by atoms with van der Waals surface area (Å²) in [5.41, 5.74) is 4.49. The number of hydrogen-bond acceptors (Lipinski definition) is 3. The van der Waals surface area contributed by atoms with Gasteiger partial charge < -0.3 is 15.2 Å². The number of anilines is 1. The number of nitrogens with one attached hydrogen (secondary N) is 1. The number of ether oxygens (including phenoxy) is 1. The van der Waals surface area contributed by atoms with Crippen LogP contribution in [0.25, 0.3) is 0 Å². The number of fused-ring (bicyclic) bond motifs is 2. The number of carbonyl (C=O) groups is 1. The Morgan fingerprint density at radius 1 is 0.967 bits per heavy atom. The monoisotopic (exact) mass is 401 g/mol. The zero-order valence-electron chi connectivity index (χ0n) is 17.6. The molecule has 0 saturated heterocycles. The standard InChI is InChI=1S/C26H27NO3/c1-26(2,3)21-13-12-17(16-28)14-22(21)27-25(29)15-20-18-8-4-6-10-23(18)30-24-11-7-5-9-19(20)24/h4-14,20,28H,15-16H2,1-3H3,(H,27,29). The number of carbonyl (C=O) groups excluding carboxylic acids is 1. The van der Waals surface area contributed by atoms with Crippen LogP contribution < -0.4 is 10.1 Å². The van der Waals surface area contributed by atoms with E-state index >= 15 is 0 Å². The fourth-order valence-electron chi connectivity index (χ4n) is 4.06. The number of hydrogen-bond donors (Lipinski definition) is 2. The molecule has 1 amide bonds. The lowest BCUT2D eigenvalue weighted by Gasteiger charge is -2.28. The Hall–Kier alpha value is -3.11. The first-order valence-corrected chi connectivity index (χ1v) is 10.3. The van der Waals surface area contributed by atoms with E-state index in [1.165, 1.54) is 0 Å². The van der Waals surface area contributed by atoms with Crippen LogP contribution in [-0.2, 0) is 16.8 Å². The smallest absolute Gasteiger partial charge is 0.225 e. The van der Waals surface area contributed by atoms with Crippen molar-refractivity contribution in [2.75, 3.05) is 5.32 Å². The van der Waals surface area contributed by atoms with Crippen molar-refractivity contribution in [1.29, 1.82) is 0 Å². The SMILES string of the molecule is CC(C)(C)c1ccc(CO)cc1NC(=O)CC1c2ccccc2Oc2ccccc21. The highest BCUT2D eigenvalue weighted by atomic mass is 16.5. The van der Waals surface area contributed by atoms with Gasteiger partial charge in [0, 0.05) is 29.2 Å². The molecule has 1 aliphatic rings. The molecule has 3 aromatic rings. The summed E-state index contributed by atoms with van der Waals surface area (Å²) in [7, 11) is 0. The summed E-state index contributed by atoms with van der Waals surface area (Å²) in [6.45, 7) is 6.28. The summed E-state index contributed by atoms with van der Waals surface area (Å²) in [5.74, 6) is 1.45. The molecule has 1 aliphatic heterocycles. The van der Waals surface area contributed by atoms with E-state index in [1.54, 1.807) is 0 Å². The first-order chi connectivity index (χ1) is 14.4. The molecule has 4 nitrogen and oxygen atoms in total. The number of aliphatic hydroxyl groups excluding tert-OH is 1. The van der Waals surface area contributed by atoms with Crippen molar-refractivity contribution >= 4 is 11.6 Å². The average molecular weight is 402 g/mol. The molecule has 1 heterocycles. The van der Waals surface area contributed by atoms with Crippen LogP contribution in [0.1, 0.15) is 55.4 Å². The summed E-state index contributed by atoms with van der Waals surface area (Å²) >= 11 is 0. The van der Waals surface area contributed by atoms with Gasteiger partial charge in [0.2, 0.25) is 5.91 Å². The van der Waals surface area contributed by atoms with Gasteiger partial charge in [0.25, 0.3) is 0 Å². The van der Waals surface area contributed by atoms with Crippen molar-refractivity contribution in [2.45, 2.75) is 45.1 Å². The third kappa shape index (κ3) is 3.96. The van der Waals surface area contributed by atoms with Crippen molar-refractivity contribution in [2.24, 2.45) is 0 Å². The molecule has 30 heavy (non-hydrogen) atoms. The second-order valence-corrected chi connectivity index (χ2v) is 8.77. The molecule has 154 valence electrons. The minimum absolute atomic E-state index is 0.0615. The number of benzene rings is 3. The van der Waals surface area contributed by atoms with Gasteiger partial charge in [0.15, 0.2) is 0 Å². The Kier molecular flexibility index (Phi) is 5.35. The summed E-state index contributed by atoms with van der Waals surface area (Å²) < 4.78 is 6.04. The van der Waals surface area contributed by atoms with Crippen LogP contribution in [0.5, 0.6) is 11.5 Å². The fourth-order valence-corrected chi connectivity index (χ4v) is 4.06. The second kappa shape index (κ2) is 7.96. The van der Waals surface area contributed by atoms with Gasteiger partial charge in [0.1, 0.15) is 11.5 Å². The Balaban J connectivity index is 1.65. The van der Waals surface area contributed by atoms with Crippen LogP contribution in [0.3, 0.4) is 0 Å². The molecule has 2 N–H and O–H groups in total. The molecule has 0 bridgehead atoms. The topological polar surface area (TPSA) is 58.6 Å². The molecule has 0 spiro atoms. The first kappa shape index (κ1) is 20.2. The molecule has 3 aromatic carbocycles. The molecule has 0 saturated carbocycles. The molecule has 0 fully saturated rings. The summed E-state index contributed by atoms with van der Waals surface area (Å²) in [5, 5.41) is 12.7. The molecular formula is C26H27NO3. The van der Waals surface area contributed by atoms with Crippen molar-refractivity contribution in [1.82, 2.24) is 0 Å². The quantitative estimate of drug-likeness (QED) is 0.586. The lowest BCUT2D eigenvalue weighted by Crippen LogP contribution is -2.22. The molecule has 0 unspecified atom stereocenters. The zero-order chi connectivity index (χ0) is 21.3. The van der Waals surface area contributed by atoms with Crippen molar-refractivity contribution in [3.8, 4) is 11.5 Å². The minimum Gasteiger partial charge on any atom is -0.457 e. The summed E-state index contributed by atoms with van der Waals surface area (Å²) in [6.07, 6.45) is 0.310. The second-order valence-electron chi connectivity index (χ2n) is 8.77. The van der Waals surface area contributed by atoms with Gasteiger partial charge >= 0.3 is 0 Å². The van der Waals surface area contributed by atoms with Crippen molar-refractivity contribution in [3.63, 3.8) is 0 Å². The molecule has 0 radical (unpaired) electrons. The molecular weight excluding hydrogens is 374 g/mol. The highest BCUT2D eigenvalue weighted by molar-refractivity contribution is 5.93. The zero-order valence-corrected chi connectivity index (χ0v) is 17.6. The summed E-state index contributed by atoms with van der Waals surface area (Å²) in [4.78, 5) is 13.2. The van der Waals surface area contributed by atoms with Gasteiger partial charge in [-0.3, -0.25) is 4.79 Å². The van der Waals surface area contributed by atoms with Gasteiger partial charge in [0.05, 0.1) is 6.61 Å². The number of rotatable bonds is 4. The molecule has 0 aromatic heterocycles. The van der Waals surface area contributed by atoms with E-state index in [0.29, 0.717) is 6.42 Å². The van der Waals surface area contributed by atoms with Crippen molar-refractivity contribution in [3.05, 3.63) is 89.0 Å². The fraction of sp³-hybridized carbons (Fsp3) is 0.269. The van der Waals surface area contributed by atoms with Crippen LogP contribution in [0.2, 0.25) is 0 Å². The normalized spacial score (nSPS) is 13.2. The highest BCUT2D eigenvalue weighted by Gasteiger charge is 2.29. The number of aliphatic hydroxyl groups is 1.